The van der Waals surface area contributed by atoms with E-state index in [1.54, 1.807) is 0 Å². The fraction of sp³-hybridized carbons (Fsp3) is 0.273. The molecule has 0 aliphatic carbocycles. The number of benzene rings is 1. The molecule has 1 aromatic carbocycles. The summed E-state index contributed by atoms with van der Waals surface area (Å²) in [5, 5.41) is 8.36. The predicted octanol–water partition coefficient (Wildman–Crippen LogP) is 1.93. The first-order valence-corrected chi connectivity index (χ1v) is 8.04. The second-order valence-corrected chi connectivity index (χ2v) is 6.82. The molecule has 2 aromatic rings. The van der Waals surface area contributed by atoms with Gasteiger partial charge in [0.1, 0.15) is 10.8 Å². The molecule has 6 nitrogen and oxygen atoms in total. The SMILES string of the molecule is CCc1nnc(NS(=O)(=O)c2cc(N)c(C)c(F)c2)s1. The van der Waals surface area contributed by atoms with Gasteiger partial charge in [-0.15, -0.1) is 10.2 Å². The topological polar surface area (TPSA) is 98.0 Å². The van der Waals surface area contributed by atoms with Crippen LogP contribution in [0.2, 0.25) is 0 Å². The van der Waals surface area contributed by atoms with Crippen molar-refractivity contribution >= 4 is 32.2 Å². The van der Waals surface area contributed by atoms with E-state index in [0.29, 0.717) is 11.4 Å². The normalized spacial score (nSPS) is 11.6. The number of hydrogen-bond donors (Lipinski definition) is 2. The van der Waals surface area contributed by atoms with Gasteiger partial charge in [0.05, 0.1) is 4.90 Å². The van der Waals surface area contributed by atoms with Crippen LogP contribution in [-0.4, -0.2) is 18.6 Å². The van der Waals surface area contributed by atoms with Crippen molar-refractivity contribution in [3.05, 3.63) is 28.5 Å². The van der Waals surface area contributed by atoms with Crippen molar-refractivity contribution < 1.29 is 12.8 Å². The van der Waals surface area contributed by atoms with Gasteiger partial charge in [0.15, 0.2) is 0 Å². The van der Waals surface area contributed by atoms with Gasteiger partial charge in [0, 0.05) is 11.3 Å². The van der Waals surface area contributed by atoms with Gasteiger partial charge in [-0.25, -0.2) is 12.8 Å². The second-order valence-electron chi connectivity index (χ2n) is 4.08. The summed E-state index contributed by atoms with van der Waals surface area (Å²) in [4.78, 5) is -0.244. The maximum Gasteiger partial charge on any atom is 0.263 e. The summed E-state index contributed by atoms with van der Waals surface area (Å²) in [7, 11) is -3.93. The lowest BCUT2D eigenvalue weighted by molar-refractivity contribution is 0.593. The molecule has 0 atom stereocenters. The zero-order chi connectivity index (χ0) is 14.9. The summed E-state index contributed by atoms with van der Waals surface area (Å²) < 4.78 is 40.1. The lowest BCUT2D eigenvalue weighted by Crippen LogP contribution is -2.14. The highest BCUT2D eigenvalue weighted by molar-refractivity contribution is 7.93. The van der Waals surface area contributed by atoms with E-state index in [4.69, 9.17) is 5.73 Å². The maximum absolute atomic E-state index is 13.6. The number of hydrogen-bond acceptors (Lipinski definition) is 6. The Morgan fingerprint density at radius 1 is 1.40 bits per heavy atom. The zero-order valence-corrected chi connectivity index (χ0v) is 12.5. The summed E-state index contributed by atoms with van der Waals surface area (Å²) in [6.45, 7) is 3.36. The highest BCUT2D eigenvalue weighted by Gasteiger charge is 2.19. The molecule has 1 aromatic heterocycles. The molecule has 0 unspecified atom stereocenters. The van der Waals surface area contributed by atoms with E-state index in [-0.39, 0.29) is 21.3 Å². The van der Waals surface area contributed by atoms with Crippen LogP contribution in [0.4, 0.5) is 15.2 Å². The highest BCUT2D eigenvalue weighted by atomic mass is 32.2. The molecule has 0 saturated heterocycles. The Labute approximate surface area is 119 Å². The number of nitrogen functional groups attached to an aromatic ring is 1. The average Bonchev–Trinajstić information content (AvgIpc) is 2.82. The molecule has 0 saturated carbocycles. The molecule has 0 aliphatic rings. The van der Waals surface area contributed by atoms with Gasteiger partial charge in [-0.05, 0) is 25.5 Å². The summed E-state index contributed by atoms with van der Waals surface area (Å²) in [6, 6.07) is 2.14. The zero-order valence-electron chi connectivity index (χ0n) is 10.8. The van der Waals surface area contributed by atoms with Crippen LogP contribution >= 0.6 is 11.3 Å². The molecule has 0 aliphatic heterocycles. The van der Waals surface area contributed by atoms with E-state index >= 15 is 0 Å². The number of nitrogens with one attached hydrogen (secondary N) is 1. The third kappa shape index (κ3) is 2.88. The van der Waals surface area contributed by atoms with E-state index in [9.17, 15) is 12.8 Å². The van der Waals surface area contributed by atoms with Crippen LogP contribution in [0.5, 0.6) is 0 Å². The molecular formula is C11H13FN4O2S2. The van der Waals surface area contributed by atoms with Crippen LogP contribution < -0.4 is 10.5 Å². The first-order chi connectivity index (χ1) is 9.33. The minimum atomic E-state index is -3.93. The average molecular weight is 316 g/mol. The third-order valence-corrected chi connectivity index (χ3v) is 5.09. The van der Waals surface area contributed by atoms with Gasteiger partial charge in [-0.1, -0.05) is 18.3 Å². The van der Waals surface area contributed by atoms with E-state index in [1.807, 2.05) is 6.92 Å². The molecule has 1 heterocycles. The monoisotopic (exact) mass is 316 g/mol. The first kappa shape index (κ1) is 14.7. The van der Waals surface area contributed by atoms with Crippen LogP contribution in [0.1, 0.15) is 17.5 Å². The summed E-state index contributed by atoms with van der Waals surface area (Å²) in [5.41, 5.74) is 5.88. The Bertz CT molecular complexity index is 720. The molecule has 20 heavy (non-hydrogen) atoms. The second kappa shape index (κ2) is 5.33. The van der Waals surface area contributed by atoms with Gasteiger partial charge in [-0.2, -0.15) is 0 Å². The molecule has 0 amide bonds. The lowest BCUT2D eigenvalue weighted by atomic mass is 10.2. The molecule has 0 spiro atoms. The number of halogens is 1. The lowest BCUT2D eigenvalue weighted by Gasteiger charge is -2.08. The van der Waals surface area contributed by atoms with E-state index in [1.165, 1.54) is 13.0 Å². The Morgan fingerprint density at radius 3 is 2.65 bits per heavy atom. The number of rotatable bonds is 4. The van der Waals surface area contributed by atoms with Crippen molar-refractivity contribution in [3.8, 4) is 0 Å². The summed E-state index contributed by atoms with van der Waals surface area (Å²) in [6.07, 6.45) is 0.658. The van der Waals surface area contributed by atoms with Crippen molar-refractivity contribution in [1.82, 2.24) is 10.2 Å². The number of aryl methyl sites for hydroxylation is 1. The number of nitrogens with zero attached hydrogens (tertiary/aromatic N) is 2. The summed E-state index contributed by atoms with van der Waals surface area (Å²) >= 11 is 1.13. The molecule has 3 N–H and O–H groups in total. The van der Waals surface area contributed by atoms with Crippen LogP contribution in [0.3, 0.4) is 0 Å². The number of sulfonamides is 1. The standard InChI is InChI=1S/C11H13FN4O2S2/c1-3-10-14-15-11(19-10)16-20(17,18)7-4-8(12)6(2)9(13)5-7/h4-5H,3,13H2,1-2H3,(H,15,16). The molecule has 9 heteroatoms. The largest absolute Gasteiger partial charge is 0.398 e. The first-order valence-electron chi connectivity index (χ1n) is 5.74. The van der Waals surface area contributed by atoms with Crippen molar-refractivity contribution in [3.63, 3.8) is 0 Å². The van der Waals surface area contributed by atoms with Gasteiger partial charge < -0.3 is 5.73 Å². The molecule has 0 fully saturated rings. The quantitative estimate of drug-likeness (QED) is 0.840. The number of aromatic nitrogens is 2. The highest BCUT2D eigenvalue weighted by Crippen LogP contribution is 2.24. The van der Waals surface area contributed by atoms with Crippen molar-refractivity contribution in [1.29, 1.82) is 0 Å². The minimum absolute atomic E-state index is 0.0804. The Balaban J connectivity index is 2.35. The predicted molar refractivity (Wildman–Crippen MR) is 75.6 cm³/mol. The molecule has 108 valence electrons. The fourth-order valence-electron chi connectivity index (χ4n) is 1.44. The van der Waals surface area contributed by atoms with Crippen molar-refractivity contribution in [2.75, 3.05) is 10.5 Å². The van der Waals surface area contributed by atoms with Gasteiger partial charge in [0.25, 0.3) is 10.0 Å². The third-order valence-electron chi connectivity index (χ3n) is 2.66. The van der Waals surface area contributed by atoms with E-state index < -0.39 is 15.8 Å². The minimum Gasteiger partial charge on any atom is -0.398 e. The molecule has 0 bridgehead atoms. The Hall–Kier alpha value is -1.74. The molecule has 0 radical (unpaired) electrons. The van der Waals surface area contributed by atoms with Gasteiger partial charge in [0.2, 0.25) is 5.13 Å². The summed E-state index contributed by atoms with van der Waals surface area (Å²) in [5.74, 6) is -0.670. The number of anilines is 2. The fourth-order valence-corrected chi connectivity index (χ4v) is 3.40. The molecular weight excluding hydrogens is 303 g/mol. The van der Waals surface area contributed by atoms with Crippen LogP contribution in [0.15, 0.2) is 17.0 Å². The van der Waals surface area contributed by atoms with E-state index in [0.717, 1.165) is 17.4 Å². The maximum atomic E-state index is 13.6. The van der Waals surface area contributed by atoms with Crippen LogP contribution in [-0.2, 0) is 16.4 Å². The number of nitrogens with two attached hydrogens (primary N) is 1. The van der Waals surface area contributed by atoms with Crippen LogP contribution in [0, 0.1) is 12.7 Å². The Morgan fingerprint density at radius 2 is 2.10 bits per heavy atom. The van der Waals surface area contributed by atoms with Crippen LogP contribution in [0.25, 0.3) is 0 Å². The molecule has 2 rings (SSSR count). The van der Waals surface area contributed by atoms with Gasteiger partial charge in [-0.3, -0.25) is 4.72 Å². The van der Waals surface area contributed by atoms with Crippen molar-refractivity contribution in [2.45, 2.75) is 25.2 Å². The smallest absolute Gasteiger partial charge is 0.263 e. The van der Waals surface area contributed by atoms with Gasteiger partial charge >= 0.3 is 0 Å². The van der Waals surface area contributed by atoms with E-state index in [2.05, 4.69) is 14.9 Å². The Kier molecular flexibility index (Phi) is 3.91. The van der Waals surface area contributed by atoms with Crippen molar-refractivity contribution in [2.24, 2.45) is 0 Å².